The normalized spacial score (nSPS) is 18.2. The van der Waals surface area contributed by atoms with E-state index in [0.717, 1.165) is 5.56 Å². The van der Waals surface area contributed by atoms with Crippen LogP contribution in [0, 0.1) is 5.41 Å². The van der Waals surface area contributed by atoms with Crippen molar-refractivity contribution in [2.45, 2.75) is 45.9 Å². The molecule has 1 aromatic carbocycles. The summed E-state index contributed by atoms with van der Waals surface area (Å²) >= 11 is 0. The number of ether oxygens (including phenoxy) is 1. The number of carbonyl (C=O) groups excluding carboxylic acids is 2. The number of hydrogen-bond donors (Lipinski definition) is 2. The van der Waals surface area contributed by atoms with Crippen molar-refractivity contribution in [1.82, 2.24) is 9.88 Å². The van der Waals surface area contributed by atoms with Crippen LogP contribution in [0.3, 0.4) is 0 Å². The number of pyridine rings is 1. The molecule has 7 heteroatoms. The number of nitrogens with one attached hydrogen (secondary N) is 1. The van der Waals surface area contributed by atoms with Gasteiger partial charge in [0, 0.05) is 31.0 Å². The highest BCUT2D eigenvalue weighted by molar-refractivity contribution is 5.91. The van der Waals surface area contributed by atoms with Gasteiger partial charge in [0.15, 0.2) is 0 Å². The van der Waals surface area contributed by atoms with Gasteiger partial charge in [-0.3, -0.25) is 14.6 Å². The first-order valence-corrected chi connectivity index (χ1v) is 10.1. The van der Waals surface area contributed by atoms with Gasteiger partial charge in [0.25, 0.3) is 0 Å². The summed E-state index contributed by atoms with van der Waals surface area (Å²) in [6.45, 7) is 6.64. The van der Waals surface area contributed by atoms with Gasteiger partial charge in [-0.1, -0.05) is 39.0 Å². The molecule has 160 valence electrons. The Morgan fingerprint density at radius 2 is 2.03 bits per heavy atom. The average Bonchev–Trinajstić information content (AvgIpc) is 2.69. The first-order valence-electron chi connectivity index (χ1n) is 10.1. The number of anilines is 1. The van der Waals surface area contributed by atoms with Crippen LogP contribution in [0.2, 0.25) is 0 Å². The van der Waals surface area contributed by atoms with Crippen LogP contribution in [-0.2, 0) is 20.9 Å². The zero-order valence-corrected chi connectivity index (χ0v) is 17.7. The van der Waals surface area contributed by atoms with Crippen LogP contribution in [0.15, 0.2) is 48.8 Å². The van der Waals surface area contributed by atoms with Crippen molar-refractivity contribution in [2.24, 2.45) is 5.41 Å². The van der Waals surface area contributed by atoms with E-state index in [-0.39, 0.29) is 30.4 Å². The maximum Gasteiger partial charge on any atom is 0.249 e. The fourth-order valence-electron chi connectivity index (χ4n) is 3.45. The second kappa shape index (κ2) is 9.36. The number of aliphatic hydroxyl groups excluding tert-OH is 1. The zero-order valence-electron chi connectivity index (χ0n) is 17.7. The van der Waals surface area contributed by atoms with Gasteiger partial charge in [0.2, 0.25) is 11.8 Å². The van der Waals surface area contributed by atoms with Crippen LogP contribution in [0.4, 0.5) is 5.69 Å². The number of rotatable bonds is 6. The van der Waals surface area contributed by atoms with Gasteiger partial charge < -0.3 is 20.1 Å². The van der Waals surface area contributed by atoms with Crippen molar-refractivity contribution < 1.29 is 19.4 Å². The Morgan fingerprint density at radius 1 is 1.30 bits per heavy atom. The topological polar surface area (TPSA) is 91.8 Å². The van der Waals surface area contributed by atoms with Crippen LogP contribution in [0.25, 0.3) is 0 Å². The minimum atomic E-state index is -0.912. The maximum absolute atomic E-state index is 12.5. The molecule has 1 fully saturated rings. The van der Waals surface area contributed by atoms with Gasteiger partial charge in [0.1, 0.15) is 12.7 Å². The maximum atomic E-state index is 12.5. The fourth-order valence-corrected chi connectivity index (χ4v) is 3.45. The molecule has 0 spiro atoms. The van der Waals surface area contributed by atoms with Crippen molar-refractivity contribution in [3.8, 4) is 0 Å². The smallest absolute Gasteiger partial charge is 0.249 e. The second-order valence-electron chi connectivity index (χ2n) is 8.82. The number of morpholine rings is 1. The summed E-state index contributed by atoms with van der Waals surface area (Å²) in [6.07, 6.45) is 2.90. The van der Waals surface area contributed by atoms with E-state index in [2.05, 4.69) is 10.3 Å². The van der Waals surface area contributed by atoms with E-state index in [1.165, 1.54) is 0 Å². The third-order valence-corrected chi connectivity index (χ3v) is 4.90. The predicted molar refractivity (Wildman–Crippen MR) is 113 cm³/mol. The summed E-state index contributed by atoms with van der Waals surface area (Å²) in [4.78, 5) is 30.3. The van der Waals surface area contributed by atoms with Gasteiger partial charge >= 0.3 is 0 Å². The minimum absolute atomic E-state index is 0.00221. The predicted octanol–water partition coefficient (Wildman–Crippen LogP) is 2.92. The van der Waals surface area contributed by atoms with E-state index in [4.69, 9.17) is 4.74 Å². The highest BCUT2D eigenvalue weighted by atomic mass is 16.5. The molecular weight excluding hydrogens is 382 g/mol. The summed E-state index contributed by atoms with van der Waals surface area (Å²) < 4.78 is 5.40. The van der Waals surface area contributed by atoms with Gasteiger partial charge in [-0.2, -0.15) is 0 Å². The Hall–Kier alpha value is -2.77. The largest absolute Gasteiger partial charge is 0.386 e. The highest BCUT2D eigenvalue weighted by Crippen LogP contribution is 2.27. The van der Waals surface area contributed by atoms with Crippen molar-refractivity contribution in [2.75, 3.05) is 18.5 Å². The zero-order chi connectivity index (χ0) is 21.7. The van der Waals surface area contributed by atoms with Gasteiger partial charge in [0.05, 0.1) is 12.6 Å². The number of aliphatic hydroxyl groups is 1. The third kappa shape index (κ3) is 5.87. The lowest BCUT2D eigenvalue weighted by molar-refractivity contribution is -0.155. The Labute approximate surface area is 177 Å². The van der Waals surface area contributed by atoms with E-state index in [0.29, 0.717) is 24.2 Å². The highest BCUT2D eigenvalue weighted by Gasteiger charge is 2.34. The molecule has 0 bridgehead atoms. The molecule has 1 aliphatic rings. The number of amides is 2. The summed E-state index contributed by atoms with van der Waals surface area (Å²) in [6, 6.07) is 10.3. The van der Waals surface area contributed by atoms with Crippen LogP contribution in [0.1, 0.15) is 44.4 Å². The first-order chi connectivity index (χ1) is 14.2. The Bertz CT molecular complexity index is 862. The van der Waals surface area contributed by atoms with E-state index in [1.54, 1.807) is 41.6 Å². The van der Waals surface area contributed by atoms with E-state index in [1.807, 2.05) is 32.9 Å². The summed E-state index contributed by atoms with van der Waals surface area (Å²) in [7, 11) is 0. The number of hydrogen-bond acceptors (Lipinski definition) is 5. The Morgan fingerprint density at radius 3 is 2.67 bits per heavy atom. The SMILES string of the molecule is CC(C)(C)CC(=O)Nc1ccc([C@@H](O)[C@H]2COCC(=O)N2Cc2cccnc2)cc1. The molecule has 2 amide bonds. The molecule has 7 nitrogen and oxygen atoms in total. The molecule has 2 heterocycles. The second-order valence-corrected chi connectivity index (χ2v) is 8.82. The van der Waals surface area contributed by atoms with Crippen LogP contribution in [-0.4, -0.2) is 46.1 Å². The molecular formula is C23H29N3O4. The quantitative estimate of drug-likeness (QED) is 0.763. The number of carbonyl (C=O) groups is 2. The fraction of sp³-hybridized carbons (Fsp3) is 0.435. The molecule has 2 aromatic rings. The van der Waals surface area contributed by atoms with Crippen LogP contribution < -0.4 is 5.32 Å². The Balaban J connectivity index is 1.69. The summed E-state index contributed by atoms with van der Waals surface area (Å²) in [5, 5.41) is 13.8. The average molecular weight is 412 g/mol. The third-order valence-electron chi connectivity index (χ3n) is 4.90. The van der Waals surface area contributed by atoms with E-state index in [9.17, 15) is 14.7 Å². The lowest BCUT2D eigenvalue weighted by Gasteiger charge is -2.38. The van der Waals surface area contributed by atoms with Crippen molar-refractivity contribution >= 4 is 17.5 Å². The molecule has 3 rings (SSSR count). The monoisotopic (exact) mass is 411 g/mol. The molecule has 2 N–H and O–H groups in total. The Kier molecular flexibility index (Phi) is 6.84. The molecule has 0 radical (unpaired) electrons. The van der Waals surface area contributed by atoms with Crippen LogP contribution in [0.5, 0.6) is 0 Å². The molecule has 0 aliphatic carbocycles. The number of nitrogens with zero attached hydrogens (tertiary/aromatic N) is 2. The van der Waals surface area contributed by atoms with Crippen LogP contribution >= 0.6 is 0 Å². The standard InChI is InChI=1S/C23H29N3O4/c1-23(2,3)11-20(27)25-18-8-6-17(7-9-18)22(29)19-14-30-15-21(28)26(19)13-16-5-4-10-24-12-16/h4-10,12,19,22,29H,11,13-15H2,1-3H3,(H,25,27)/t19-,22-/m1/s1. The molecule has 2 atom stereocenters. The minimum Gasteiger partial charge on any atom is -0.386 e. The van der Waals surface area contributed by atoms with Gasteiger partial charge in [-0.05, 0) is 34.7 Å². The molecule has 1 saturated heterocycles. The number of benzene rings is 1. The molecule has 0 saturated carbocycles. The first kappa shape index (κ1) is 21.9. The van der Waals surface area contributed by atoms with Crippen molar-refractivity contribution in [1.29, 1.82) is 0 Å². The number of aromatic nitrogens is 1. The molecule has 0 unspecified atom stereocenters. The molecule has 1 aliphatic heterocycles. The summed E-state index contributed by atoms with van der Waals surface area (Å²) in [5.74, 6) is -0.218. The van der Waals surface area contributed by atoms with E-state index >= 15 is 0 Å². The van der Waals surface area contributed by atoms with Gasteiger partial charge in [-0.15, -0.1) is 0 Å². The lowest BCUT2D eigenvalue weighted by atomic mass is 9.92. The van der Waals surface area contributed by atoms with E-state index < -0.39 is 12.1 Å². The van der Waals surface area contributed by atoms with Gasteiger partial charge in [-0.25, -0.2) is 0 Å². The molecule has 30 heavy (non-hydrogen) atoms. The van der Waals surface area contributed by atoms with Crippen molar-refractivity contribution in [3.05, 3.63) is 59.9 Å². The van der Waals surface area contributed by atoms with Crippen molar-refractivity contribution in [3.63, 3.8) is 0 Å². The summed E-state index contributed by atoms with van der Waals surface area (Å²) in [5.41, 5.74) is 2.12. The molecule has 1 aromatic heterocycles. The lowest BCUT2D eigenvalue weighted by Crippen LogP contribution is -2.51.